The van der Waals surface area contributed by atoms with Crippen molar-refractivity contribution in [2.75, 3.05) is 13.2 Å². The van der Waals surface area contributed by atoms with E-state index in [4.69, 9.17) is 16.0 Å². The number of hydrogen-bond acceptors (Lipinski definition) is 3. The van der Waals surface area contributed by atoms with E-state index < -0.39 is 0 Å². The Kier molecular flexibility index (Phi) is 7.32. The lowest BCUT2D eigenvalue weighted by molar-refractivity contribution is 0.217. The zero-order valence-electron chi connectivity index (χ0n) is 16.5. The zero-order chi connectivity index (χ0) is 19.9. The summed E-state index contributed by atoms with van der Waals surface area (Å²) in [4.78, 5) is 0. The first kappa shape index (κ1) is 20.7. The number of rotatable bonds is 9. The maximum atomic E-state index is 9.93. The molecule has 148 valence electrons. The molecule has 0 bridgehead atoms. The SMILES string of the molecule is Cc1ccccc1CC(CO)CNC(Cc1ccccc1Cl)c1ccoc1C. The Morgan fingerprint density at radius 2 is 1.68 bits per heavy atom. The van der Waals surface area contributed by atoms with Crippen molar-refractivity contribution in [3.63, 3.8) is 0 Å². The molecule has 2 unspecified atom stereocenters. The molecule has 0 spiro atoms. The normalized spacial score (nSPS) is 13.4. The van der Waals surface area contributed by atoms with E-state index in [-0.39, 0.29) is 18.6 Å². The lowest BCUT2D eigenvalue weighted by Crippen LogP contribution is -2.31. The van der Waals surface area contributed by atoms with E-state index in [1.54, 1.807) is 6.26 Å². The van der Waals surface area contributed by atoms with Gasteiger partial charge >= 0.3 is 0 Å². The third-order valence-corrected chi connectivity index (χ3v) is 5.71. The number of hydrogen-bond donors (Lipinski definition) is 2. The first-order valence-electron chi connectivity index (χ1n) is 9.74. The minimum absolute atomic E-state index is 0.0737. The third-order valence-electron chi connectivity index (χ3n) is 5.34. The van der Waals surface area contributed by atoms with Crippen molar-refractivity contribution in [1.29, 1.82) is 0 Å². The minimum atomic E-state index is 0.0737. The molecule has 4 heteroatoms. The highest BCUT2D eigenvalue weighted by Crippen LogP contribution is 2.26. The van der Waals surface area contributed by atoms with Crippen molar-refractivity contribution in [2.45, 2.75) is 32.7 Å². The minimum Gasteiger partial charge on any atom is -0.469 e. The Bertz CT molecular complexity index is 890. The summed E-state index contributed by atoms with van der Waals surface area (Å²) >= 11 is 6.39. The average molecular weight is 398 g/mol. The molecule has 1 heterocycles. The van der Waals surface area contributed by atoms with Crippen LogP contribution in [0.3, 0.4) is 0 Å². The summed E-state index contributed by atoms with van der Waals surface area (Å²) in [6.45, 7) is 4.95. The van der Waals surface area contributed by atoms with E-state index in [2.05, 4.69) is 36.5 Å². The molecule has 0 aliphatic carbocycles. The topological polar surface area (TPSA) is 45.4 Å². The number of aryl methyl sites for hydroxylation is 2. The van der Waals surface area contributed by atoms with Crippen molar-refractivity contribution < 1.29 is 9.52 Å². The highest BCUT2D eigenvalue weighted by molar-refractivity contribution is 6.31. The van der Waals surface area contributed by atoms with E-state index in [0.29, 0.717) is 6.54 Å². The van der Waals surface area contributed by atoms with Gasteiger partial charge in [-0.25, -0.2) is 0 Å². The Morgan fingerprint density at radius 1 is 0.964 bits per heavy atom. The van der Waals surface area contributed by atoms with Crippen LogP contribution in [0.4, 0.5) is 0 Å². The molecule has 1 aromatic heterocycles. The van der Waals surface area contributed by atoms with Gasteiger partial charge in [0.2, 0.25) is 0 Å². The molecule has 2 N–H and O–H groups in total. The maximum Gasteiger partial charge on any atom is 0.105 e. The number of furan rings is 1. The standard InChI is InChI=1S/C24H28ClNO2/c1-17-7-3-4-8-20(17)13-19(16-27)15-26-24(22-11-12-28-18(22)2)14-21-9-5-6-10-23(21)25/h3-12,19,24,26-27H,13-16H2,1-2H3. The molecule has 2 atom stereocenters. The van der Waals surface area contributed by atoms with Gasteiger partial charge in [0, 0.05) is 29.8 Å². The van der Waals surface area contributed by atoms with Crippen LogP contribution in [0.1, 0.15) is 34.1 Å². The molecule has 3 nitrogen and oxygen atoms in total. The maximum absolute atomic E-state index is 9.93. The zero-order valence-corrected chi connectivity index (χ0v) is 17.2. The van der Waals surface area contributed by atoms with Crippen LogP contribution < -0.4 is 5.32 Å². The number of nitrogens with one attached hydrogen (secondary N) is 1. The fraction of sp³-hybridized carbons (Fsp3) is 0.333. The number of halogens is 1. The predicted octanol–water partition coefficient (Wildman–Crippen LogP) is 5.27. The number of aliphatic hydroxyl groups is 1. The summed E-state index contributed by atoms with van der Waals surface area (Å²) < 4.78 is 5.54. The second-order valence-corrected chi connectivity index (χ2v) is 7.77. The molecular weight excluding hydrogens is 370 g/mol. The summed E-state index contributed by atoms with van der Waals surface area (Å²) in [6.07, 6.45) is 3.34. The van der Waals surface area contributed by atoms with E-state index in [0.717, 1.165) is 34.8 Å². The molecule has 0 fully saturated rings. The second-order valence-electron chi connectivity index (χ2n) is 7.37. The van der Waals surface area contributed by atoms with Gasteiger partial charge in [-0.3, -0.25) is 0 Å². The van der Waals surface area contributed by atoms with E-state index in [1.165, 1.54) is 11.1 Å². The molecule has 3 aromatic rings. The fourth-order valence-electron chi connectivity index (χ4n) is 3.59. The van der Waals surface area contributed by atoms with Gasteiger partial charge in [0.25, 0.3) is 0 Å². The van der Waals surface area contributed by atoms with Crippen LogP contribution in [0.25, 0.3) is 0 Å². The van der Waals surface area contributed by atoms with Crippen molar-refractivity contribution in [1.82, 2.24) is 5.32 Å². The van der Waals surface area contributed by atoms with E-state index in [1.807, 2.05) is 37.3 Å². The van der Waals surface area contributed by atoms with Gasteiger partial charge in [0.05, 0.1) is 6.26 Å². The van der Waals surface area contributed by atoms with Crippen LogP contribution in [0.2, 0.25) is 5.02 Å². The molecule has 0 saturated carbocycles. The Labute approximate surface area is 172 Å². The Balaban J connectivity index is 1.73. The van der Waals surface area contributed by atoms with Crippen molar-refractivity contribution >= 4 is 11.6 Å². The molecule has 0 saturated heterocycles. The quantitative estimate of drug-likeness (QED) is 0.516. The number of benzene rings is 2. The molecule has 0 radical (unpaired) electrons. The summed E-state index contributed by atoms with van der Waals surface area (Å²) in [7, 11) is 0. The van der Waals surface area contributed by atoms with Crippen LogP contribution in [-0.2, 0) is 12.8 Å². The number of aliphatic hydroxyl groups excluding tert-OH is 1. The fourth-order valence-corrected chi connectivity index (χ4v) is 3.81. The summed E-state index contributed by atoms with van der Waals surface area (Å²) in [5.41, 5.74) is 4.78. The van der Waals surface area contributed by atoms with Gasteiger partial charge in [0.1, 0.15) is 5.76 Å². The van der Waals surface area contributed by atoms with Crippen molar-refractivity contribution in [3.05, 3.63) is 93.9 Å². The van der Waals surface area contributed by atoms with Crippen LogP contribution in [0, 0.1) is 19.8 Å². The molecule has 0 amide bonds. The lowest BCUT2D eigenvalue weighted by atomic mass is 9.95. The Morgan fingerprint density at radius 3 is 2.32 bits per heavy atom. The third kappa shape index (κ3) is 5.26. The van der Waals surface area contributed by atoms with Gasteiger partial charge in [-0.15, -0.1) is 0 Å². The summed E-state index contributed by atoms with van der Waals surface area (Å²) in [5.74, 6) is 1.05. The average Bonchev–Trinajstić information content (AvgIpc) is 3.12. The monoisotopic (exact) mass is 397 g/mol. The van der Waals surface area contributed by atoms with E-state index in [9.17, 15) is 5.11 Å². The van der Waals surface area contributed by atoms with Gasteiger partial charge in [-0.1, -0.05) is 54.1 Å². The van der Waals surface area contributed by atoms with Gasteiger partial charge in [-0.2, -0.15) is 0 Å². The lowest BCUT2D eigenvalue weighted by Gasteiger charge is -2.23. The molecule has 0 aliphatic rings. The van der Waals surface area contributed by atoms with Gasteiger partial charge < -0.3 is 14.8 Å². The summed E-state index contributed by atoms with van der Waals surface area (Å²) in [5, 5.41) is 14.4. The predicted molar refractivity (Wildman–Crippen MR) is 115 cm³/mol. The molecule has 28 heavy (non-hydrogen) atoms. The first-order chi connectivity index (χ1) is 13.6. The first-order valence-corrected chi connectivity index (χ1v) is 10.1. The Hall–Kier alpha value is -2.07. The second kappa shape index (κ2) is 9.92. The van der Waals surface area contributed by atoms with Gasteiger partial charge in [0.15, 0.2) is 0 Å². The molecular formula is C24H28ClNO2. The smallest absolute Gasteiger partial charge is 0.105 e. The largest absolute Gasteiger partial charge is 0.469 e. The van der Waals surface area contributed by atoms with Crippen molar-refractivity contribution in [2.24, 2.45) is 5.92 Å². The van der Waals surface area contributed by atoms with E-state index >= 15 is 0 Å². The van der Waals surface area contributed by atoms with Crippen LogP contribution in [-0.4, -0.2) is 18.3 Å². The van der Waals surface area contributed by atoms with Crippen LogP contribution >= 0.6 is 11.6 Å². The molecule has 0 aliphatic heterocycles. The highest BCUT2D eigenvalue weighted by atomic mass is 35.5. The highest BCUT2D eigenvalue weighted by Gasteiger charge is 2.19. The molecule has 2 aromatic carbocycles. The van der Waals surface area contributed by atoms with Crippen molar-refractivity contribution in [3.8, 4) is 0 Å². The molecule has 3 rings (SSSR count). The van der Waals surface area contributed by atoms with Crippen LogP contribution in [0.15, 0.2) is 65.3 Å². The van der Waals surface area contributed by atoms with Gasteiger partial charge in [-0.05, 0) is 61.4 Å². The summed E-state index contributed by atoms with van der Waals surface area (Å²) in [6, 6.07) is 18.4. The van der Waals surface area contributed by atoms with Crippen LogP contribution in [0.5, 0.6) is 0 Å².